The predicted octanol–water partition coefficient (Wildman–Crippen LogP) is 0.925. The molecule has 0 aromatic carbocycles. The minimum atomic E-state index is -0.682. The van der Waals surface area contributed by atoms with Crippen LogP contribution in [0.1, 0.15) is 34.8 Å². The van der Waals surface area contributed by atoms with Gasteiger partial charge in [-0.2, -0.15) is 0 Å². The monoisotopic (exact) mass is 204 g/mol. The van der Waals surface area contributed by atoms with Crippen LogP contribution in [0.3, 0.4) is 0 Å². The smallest absolute Gasteiger partial charge is 0.263 e. The third kappa shape index (κ3) is 1.70. The number of carbonyl (C=O) groups is 1. The molecule has 78 valence electrons. The summed E-state index contributed by atoms with van der Waals surface area (Å²) in [6.07, 6.45) is 5.29. The van der Waals surface area contributed by atoms with Crippen molar-refractivity contribution in [3.8, 4) is 0 Å². The third-order valence-corrected chi connectivity index (χ3v) is 2.51. The van der Waals surface area contributed by atoms with Crippen LogP contribution in [0.5, 0.6) is 0 Å². The summed E-state index contributed by atoms with van der Waals surface area (Å²) in [4.78, 5) is 22.8. The van der Waals surface area contributed by atoms with Gasteiger partial charge in [0.15, 0.2) is 0 Å². The Morgan fingerprint density at radius 1 is 1.60 bits per heavy atom. The standard InChI is InChI=1S/C11H12N2O2/c1-2-7-5-9(10(12)14)11(15)13(6-7)8-3-4-8/h2,5-6,8H,1,3-4H2,(H2,12,14). The summed E-state index contributed by atoms with van der Waals surface area (Å²) < 4.78 is 1.58. The van der Waals surface area contributed by atoms with Crippen molar-refractivity contribution in [2.75, 3.05) is 0 Å². The highest BCUT2D eigenvalue weighted by Gasteiger charge is 2.26. The molecule has 0 atom stereocenters. The highest BCUT2D eigenvalue weighted by atomic mass is 16.2. The van der Waals surface area contributed by atoms with Crippen molar-refractivity contribution < 1.29 is 4.79 Å². The van der Waals surface area contributed by atoms with Crippen LogP contribution in [0.15, 0.2) is 23.6 Å². The summed E-state index contributed by atoms with van der Waals surface area (Å²) >= 11 is 0. The van der Waals surface area contributed by atoms with Gasteiger partial charge in [-0.1, -0.05) is 12.7 Å². The highest BCUT2D eigenvalue weighted by molar-refractivity contribution is 5.92. The van der Waals surface area contributed by atoms with Crippen molar-refractivity contribution in [3.05, 3.63) is 40.3 Å². The normalized spacial score (nSPS) is 14.9. The van der Waals surface area contributed by atoms with Gasteiger partial charge >= 0.3 is 0 Å². The maximum absolute atomic E-state index is 11.8. The van der Waals surface area contributed by atoms with Crippen molar-refractivity contribution in [2.24, 2.45) is 5.73 Å². The Morgan fingerprint density at radius 3 is 2.73 bits per heavy atom. The topological polar surface area (TPSA) is 65.1 Å². The molecule has 0 bridgehead atoms. The molecule has 4 nitrogen and oxygen atoms in total. The highest BCUT2D eigenvalue weighted by Crippen LogP contribution is 2.33. The van der Waals surface area contributed by atoms with Crippen LogP contribution in [-0.4, -0.2) is 10.5 Å². The molecule has 0 saturated heterocycles. The lowest BCUT2D eigenvalue weighted by molar-refractivity contribution is 0.0998. The van der Waals surface area contributed by atoms with Gasteiger partial charge in [0, 0.05) is 12.2 Å². The van der Waals surface area contributed by atoms with Crippen LogP contribution in [0.4, 0.5) is 0 Å². The number of primary amides is 1. The summed E-state index contributed by atoms with van der Waals surface area (Å²) in [6.45, 7) is 3.61. The van der Waals surface area contributed by atoms with Crippen molar-refractivity contribution in [1.29, 1.82) is 0 Å². The van der Waals surface area contributed by atoms with Gasteiger partial charge in [0.25, 0.3) is 11.5 Å². The first-order chi connectivity index (χ1) is 7.13. The Hall–Kier alpha value is -1.84. The lowest BCUT2D eigenvalue weighted by Crippen LogP contribution is -2.29. The Kier molecular flexibility index (Phi) is 2.19. The maximum atomic E-state index is 11.8. The van der Waals surface area contributed by atoms with Gasteiger partial charge in [-0.05, 0) is 24.5 Å². The first kappa shape index (κ1) is 9.71. The molecule has 0 spiro atoms. The number of pyridine rings is 1. The SMILES string of the molecule is C=Cc1cc(C(N)=O)c(=O)n(C2CC2)c1. The summed E-state index contributed by atoms with van der Waals surface area (Å²) in [5.41, 5.74) is 5.63. The van der Waals surface area contributed by atoms with E-state index in [0.717, 1.165) is 18.4 Å². The molecule has 4 heteroatoms. The number of carbonyl (C=O) groups excluding carboxylic acids is 1. The second kappa shape index (κ2) is 3.38. The quantitative estimate of drug-likeness (QED) is 0.795. The molecular weight excluding hydrogens is 192 g/mol. The number of hydrogen-bond acceptors (Lipinski definition) is 2. The zero-order valence-corrected chi connectivity index (χ0v) is 8.27. The molecule has 1 heterocycles. The van der Waals surface area contributed by atoms with E-state index >= 15 is 0 Å². The van der Waals surface area contributed by atoms with E-state index in [4.69, 9.17) is 5.73 Å². The maximum Gasteiger partial charge on any atom is 0.263 e. The molecule has 1 aliphatic carbocycles. The van der Waals surface area contributed by atoms with Crippen LogP contribution < -0.4 is 11.3 Å². The summed E-state index contributed by atoms with van der Waals surface area (Å²) in [7, 11) is 0. The zero-order chi connectivity index (χ0) is 11.0. The second-order valence-corrected chi connectivity index (χ2v) is 3.70. The van der Waals surface area contributed by atoms with E-state index in [-0.39, 0.29) is 17.2 Å². The van der Waals surface area contributed by atoms with Gasteiger partial charge in [0.2, 0.25) is 0 Å². The second-order valence-electron chi connectivity index (χ2n) is 3.70. The van der Waals surface area contributed by atoms with E-state index in [9.17, 15) is 9.59 Å². The lowest BCUT2D eigenvalue weighted by atomic mass is 10.2. The fourth-order valence-electron chi connectivity index (χ4n) is 1.54. The number of rotatable bonds is 3. The molecule has 2 rings (SSSR count). The van der Waals surface area contributed by atoms with Gasteiger partial charge in [-0.3, -0.25) is 9.59 Å². The Bertz CT molecular complexity index is 484. The van der Waals surface area contributed by atoms with Gasteiger partial charge < -0.3 is 10.3 Å². The summed E-state index contributed by atoms with van der Waals surface area (Å²) in [6, 6.07) is 1.71. The Balaban J connectivity index is 2.64. The van der Waals surface area contributed by atoms with Gasteiger partial charge in [0.1, 0.15) is 5.56 Å². The number of hydrogen-bond donors (Lipinski definition) is 1. The third-order valence-electron chi connectivity index (χ3n) is 2.51. The summed E-state index contributed by atoms with van der Waals surface area (Å²) in [5.74, 6) is -0.682. The largest absolute Gasteiger partial charge is 0.365 e. The molecule has 1 aromatic heterocycles. The Morgan fingerprint density at radius 2 is 2.27 bits per heavy atom. The van der Waals surface area contributed by atoms with Crippen LogP contribution in [0.25, 0.3) is 6.08 Å². The van der Waals surface area contributed by atoms with Gasteiger partial charge in [-0.25, -0.2) is 0 Å². The molecule has 0 radical (unpaired) electrons. The predicted molar refractivity (Wildman–Crippen MR) is 57.6 cm³/mol. The molecule has 1 saturated carbocycles. The molecule has 1 fully saturated rings. The zero-order valence-electron chi connectivity index (χ0n) is 8.27. The minimum Gasteiger partial charge on any atom is -0.365 e. The van der Waals surface area contributed by atoms with Crippen molar-refractivity contribution in [2.45, 2.75) is 18.9 Å². The lowest BCUT2D eigenvalue weighted by Gasteiger charge is -2.06. The minimum absolute atomic E-state index is 0.0410. The average Bonchev–Trinajstić information content (AvgIpc) is 3.01. The number of nitrogens with zero attached hydrogens (tertiary/aromatic N) is 1. The fourth-order valence-corrected chi connectivity index (χ4v) is 1.54. The molecule has 0 aliphatic heterocycles. The van der Waals surface area contributed by atoms with Crippen molar-refractivity contribution in [1.82, 2.24) is 4.57 Å². The van der Waals surface area contributed by atoms with Gasteiger partial charge in [0.05, 0.1) is 0 Å². The number of aromatic nitrogens is 1. The average molecular weight is 204 g/mol. The van der Waals surface area contributed by atoms with E-state index < -0.39 is 5.91 Å². The Labute approximate surface area is 87.0 Å². The molecule has 1 aromatic rings. The van der Waals surface area contributed by atoms with Crippen LogP contribution in [-0.2, 0) is 0 Å². The van der Waals surface area contributed by atoms with Crippen molar-refractivity contribution in [3.63, 3.8) is 0 Å². The molecule has 1 amide bonds. The molecule has 2 N–H and O–H groups in total. The molecule has 1 aliphatic rings. The molecular formula is C11H12N2O2. The fraction of sp³-hybridized carbons (Fsp3) is 0.273. The van der Waals surface area contributed by atoms with E-state index in [1.165, 1.54) is 6.07 Å². The summed E-state index contributed by atoms with van der Waals surface area (Å²) in [5, 5.41) is 0. The van der Waals surface area contributed by atoms with E-state index in [1.54, 1.807) is 16.8 Å². The van der Waals surface area contributed by atoms with Gasteiger partial charge in [-0.15, -0.1) is 0 Å². The molecule has 0 unspecified atom stereocenters. The van der Waals surface area contributed by atoms with Crippen LogP contribution >= 0.6 is 0 Å². The number of amides is 1. The van der Waals surface area contributed by atoms with E-state index in [0.29, 0.717) is 0 Å². The first-order valence-corrected chi connectivity index (χ1v) is 4.82. The van der Waals surface area contributed by atoms with E-state index in [1.807, 2.05) is 0 Å². The first-order valence-electron chi connectivity index (χ1n) is 4.82. The van der Waals surface area contributed by atoms with E-state index in [2.05, 4.69) is 6.58 Å². The van der Waals surface area contributed by atoms with Crippen molar-refractivity contribution >= 4 is 12.0 Å². The molecule has 15 heavy (non-hydrogen) atoms. The van der Waals surface area contributed by atoms with Crippen LogP contribution in [0.2, 0.25) is 0 Å². The van der Waals surface area contributed by atoms with Crippen LogP contribution in [0, 0.1) is 0 Å². The number of nitrogens with two attached hydrogens (primary N) is 1.